The van der Waals surface area contributed by atoms with Crippen molar-refractivity contribution in [2.24, 2.45) is 4.99 Å². The molecule has 1 unspecified atom stereocenters. The molecule has 2 heterocycles. The van der Waals surface area contributed by atoms with Gasteiger partial charge in [-0.05, 0) is 42.9 Å². The van der Waals surface area contributed by atoms with Crippen LogP contribution in [0, 0.1) is 0 Å². The summed E-state index contributed by atoms with van der Waals surface area (Å²) in [5.74, 6) is 0.821. The van der Waals surface area contributed by atoms with E-state index in [1.54, 1.807) is 0 Å². The Labute approximate surface area is 221 Å². The fraction of sp³-hybridized carbons (Fsp3) is 0.519. The molecule has 0 aliphatic carbocycles. The van der Waals surface area contributed by atoms with Crippen molar-refractivity contribution < 1.29 is 5.11 Å². The molecule has 1 saturated heterocycles. The van der Waals surface area contributed by atoms with E-state index in [0.29, 0.717) is 19.1 Å². The Bertz CT molecular complexity index is 886. The summed E-state index contributed by atoms with van der Waals surface area (Å²) in [6, 6.07) is 19.8. The predicted molar refractivity (Wildman–Crippen MR) is 151 cm³/mol. The summed E-state index contributed by atoms with van der Waals surface area (Å²) in [6.07, 6.45) is 2.80. The number of benzene rings is 2. The molecule has 2 aromatic carbocycles. The van der Waals surface area contributed by atoms with Gasteiger partial charge in [0.2, 0.25) is 0 Å². The van der Waals surface area contributed by atoms with Gasteiger partial charge >= 0.3 is 0 Å². The second-order valence-corrected chi connectivity index (χ2v) is 9.31. The fourth-order valence-electron chi connectivity index (χ4n) is 4.85. The van der Waals surface area contributed by atoms with Crippen molar-refractivity contribution in [3.8, 4) is 0 Å². The van der Waals surface area contributed by atoms with Gasteiger partial charge in [-0.2, -0.15) is 0 Å². The number of likely N-dealkylation sites (tertiary alicyclic amines) is 1. The van der Waals surface area contributed by atoms with Gasteiger partial charge in [-0.1, -0.05) is 54.6 Å². The molecular weight excluding hydrogens is 537 g/mol. The van der Waals surface area contributed by atoms with Crippen LogP contribution in [0.25, 0.3) is 0 Å². The van der Waals surface area contributed by atoms with Gasteiger partial charge in [0.1, 0.15) is 0 Å². The van der Waals surface area contributed by atoms with Crippen LogP contribution < -0.4 is 10.6 Å². The summed E-state index contributed by atoms with van der Waals surface area (Å²) in [5, 5.41) is 17.6. The van der Waals surface area contributed by atoms with Crippen LogP contribution in [0.15, 0.2) is 59.6 Å². The SMILES string of the molecule is CCNC(=NCC(O)CN1CCc2ccccc2C1)NC1CCN(Cc2ccccc2)CC1.I. The number of fused-ring (bicyclic) bond motifs is 1. The molecule has 0 amide bonds. The van der Waals surface area contributed by atoms with Crippen molar-refractivity contribution in [1.82, 2.24) is 20.4 Å². The van der Waals surface area contributed by atoms with Crippen LogP contribution >= 0.6 is 24.0 Å². The highest BCUT2D eigenvalue weighted by Crippen LogP contribution is 2.18. The summed E-state index contributed by atoms with van der Waals surface area (Å²) in [6.45, 7) is 9.09. The van der Waals surface area contributed by atoms with Gasteiger partial charge in [0.25, 0.3) is 0 Å². The standard InChI is InChI=1S/C27H39N5O.HI/c1-2-28-27(30-25-13-16-31(17-14-25)19-22-8-4-3-5-9-22)29-18-26(33)21-32-15-12-23-10-6-7-11-24(23)20-32;/h3-11,25-26,33H,2,12-21H2,1H3,(H2,28,29,30);1H. The van der Waals surface area contributed by atoms with Crippen molar-refractivity contribution in [3.63, 3.8) is 0 Å². The minimum atomic E-state index is -0.460. The summed E-state index contributed by atoms with van der Waals surface area (Å²) in [7, 11) is 0. The molecule has 1 fully saturated rings. The van der Waals surface area contributed by atoms with E-state index in [2.05, 4.69) is 82.0 Å². The Hall–Kier alpha value is -1.68. The van der Waals surface area contributed by atoms with Crippen molar-refractivity contribution in [3.05, 3.63) is 71.3 Å². The highest BCUT2D eigenvalue weighted by molar-refractivity contribution is 14.0. The number of aliphatic imine (C=N–C) groups is 1. The van der Waals surface area contributed by atoms with Crippen molar-refractivity contribution in [2.75, 3.05) is 39.3 Å². The van der Waals surface area contributed by atoms with Crippen molar-refractivity contribution in [1.29, 1.82) is 0 Å². The number of hydrogen-bond donors (Lipinski definition) is 3. The van der Waals surface area contributed by atoms with Crippen molar-refractivity contribution >= 4 is 29.9 Å². The molecule has 3 N–H and O–H groups in total. The van der Waals surface area contributed by atoms with E-state index in [1.165, 1.54) is 16.7 Å². The summed E-state index contributed by atoms with van der Waals surface area (Å²) < 4.78 is 0. The summed E-state index contributed by atoms with van der Waals surface area (Å²) in [4.78, 5) is 9.57. The fourth-order valence-corrected chi connectivity index (χ4v) is 4.85. The molecule has 1 atom stereocenters. The first kappa shape index (κ1) is 26.9. The maximum absolute atomic E-state index is 10.6. The Kier molecular flexibility index (Phi) is 11.1. The molecule has 2 aliphatic rings. The van der Waals surface area contributed by atoms with E-state index < -0.39 is 6.10 Å². The van der Waals surface area contributed by atoms with Crippen molar-refractivity contribution in [2.45, 2.75) is 51.4 Å². The number of aliphatic hydroxyl groups excluding tert-OH is 1. The molecule has 4 rings (SSSR count). The molecule has 186 valence electrons. The van der Waals surface area contributed by atoms with Crippen LogP contribution in [-0.2, 0) is 19.5 Å². The van der Waals surface area contributed by atoms with Crippen LogP contribution in [-0.4, -0.2) is 72.3 Å². The van der Waals surface area contributed by atoms with E-state index in [0.717, 1.165) is 64.5 Å². The smallest absolute Gasteiger partial charge is 0.191 e. The first-order valence-electron chi connectivity index (χ1n) is 12.5. The summed E-state index contributed by atoms with van der Waals surface area (Å²) >= 11 is 0. The Morgan fingerprint density at radius 2 is 1.71 bits per heavy atom. The zero-order chi connectivity index (χ0) is 22.9. The van der Waals surface area contributed by atoms with Gasteiger partial charge in [0.15, 0.2) is 5.96 Å². The Morgan fingerprint density at radius 3 is 2.44 bits per heavy atom. The molecule has 34 heavy (non-hydrogen) atoms. The molecule has 2 aliphatic heterocycles. The van der Waals surface area contributed by atoms with Crippen LogP contribution in [0.4, 0.5) is 0 Å². The normalized spacial score (nSPS) is 18.6. The molecule has 0 spiro atoms. The molecule has 0 radical (unpaired) electrons. The number of hydrogen-bond acceptors (Lipinski definition) is 4. The maximum atomic E-state index is 10.6. The van der Waals surface area contributed by atoms with Crippen LogP contribution in [0.1, 0.15) is 36.5 Å². The zero-order valence-corrected chi connectivity index (χ0v) is 22.7. The Balaban J connectivity index is 0.00000324. The van der Waals surface area contributed by atoms with Crippen LogP contribution in [0.5, 0.6) is 0 Å². The summed E-state index contributed by atoms with van der Waals surface area (Å²) in [5.41, 5.74) is 4.20. The van der Waals surface area contributed by atoms with Crippen LogP contribution in [0.3, 0.4) is 0 Å². The minimum Gasteiger partial charge on any atom is -0.390 e. The first-order chi connectivity index (χ1) is 16.2. The monoisotopic (exact) mass is 577 g/mol. The van der Waals surface area contributed by atoms with Gasteiger partial charge in [-0.25, -0.2) is 0 Å². The molecule has 0 aromatic heterocycles. The lowest BCUT2D eigenvalue weighted by molar-refractivity contribution is 0.111. The quantitative estimate of drug-likeness (QED) is 0.256. The zero-order valence-electron chi connectivity index (χ0n) is 20.3. The van der Waals surface area contributed by atoms with E-state index in [1.807, 2.05) is 0 Å². The molecule has 0 saturated carbocycles. The third kappa shape index (κ3) is 8.22. The van der Waals surface area contributed by atoms with Gasteiger partial charge in [-0.15, -0.1) is 24.0 Å². The van der Waals surface area contributed by atoms with Gasteiger partial charge in [-0.3, -0.25) is 14.8 Å². The van der Waals surface area contributed by atoms with E-state index >= 15 is 0 Å². The second-order valence-electron chi connectivity index (χ2n) is 9.31. The van der Waals surface area contributed by atoms with Gasteiger partial charge in [0.05, 0.1) is 12.6 Å². The second kappa shape index (κ2) is 14.0. The number of rotatable bonds is 8. The number of aliphatic hydroxyl groups is 1. The van der Waals surface area contributed by atoms with E-state index in [9.17, 15) is 5.11 Å². The largest absolute Gasteiger partial charge is 0.390 e. The topological polar surface area (TPSA) is 63.1 Å². The van der Waals surface area contributed by atoms with E-state index in [-0.39, 0.29) is 24.0 Å². The lowest BCUT2D eigenvalue weighted by Gasteiger charge is -2.33. The molecular formula is C27H40IN5O. The number of nitrogens with one attached hydrogen (secondary N) is 2. The number of halogens is 1. The maximum Gasteiger partial charge on any atom is 0.191 e. The molecule has 7 heteroatoms. The average Bonchev–Trinajstić information content (AvgIpc) is 2.84. The average molecular weight is 578 g/mol. The number of nitrogens with zero attached hydrogens (tertiary/aromatic N) is 3. The van der Waals surface area contributed by atoms with Gasteiger partial charge < -0.3 is 15.7 Å². The first-order valence-corrected chi connectivity index (χ1v) is 12.5. The highest BCUT2D eigenvalue weighted by atomic mass is 127. The third-order valence-electron chi connectivity index (χ3n) is 6.66. The van der Waals surface area contributed by atoms with Crippen LogP contribution in [0.2, 0.25) is 0 Å². The number of β-amino-alcohol motifs (C(OH)–C–C–N with tert-alkyl or cyclic N) is 1. The van der Waals surface area contributed by atoms with E-state index in [4.69, 9.17) is 4.99 Å². The van der Waals surface area contributed by atoms with Gasteiger partial charge in [0, 0.05) is 51.9 Å². The lowest BCUT2D eigenvalue weighted by Crippen LogP contribution is -2.48. The minimum absolute atomic E-state index is 0. The molecule has 0 bridgehead atoms. The molecule has 6 nitrogen and oxygen atoms in total. The Morgan fingerprint density at radius 1 is 1.00 bits per heavy atom. The molecule has 2 aromatic rings. The lowest BCUT2D eigenvalue weighted by atomic mass is 10.00. The number of piperidine rings is 1. The highest BCUT2D eigenvalue weighted by Gasteiger charge is 2.21. The predicted octanol–water partition coefficient (Wildman–Crippen LogP) is 3.24. The number of guanidine groups is 1. The third-order valence-corrected chi connectivity index (χ3v) is 6.66.